The number of rotatable bonds is 2. The van der Waals surface area contributed by atoms with Crippen LogP contribution in [0.2, 0.25) is 0 Å². The number of phenolic OH excluding ortho intramolecular Hbond substituents is 1. The number of amides is 1. The van der Waals surface area contributed by atoms with Crippen molar-refractivity contribution < 1.29 is 9.90 Å². The smallest absolute Gasteiger partial charge is 0.255 e. The zero-order valence-corrected chi connectivity index (χ0v) is 11.0. The molecule has 0 bridgehead atoms. The van der Waals surface area contributed by atoms with Crippen molar-refractivity contribution in [3.63, 3.8) is 0 Å². The van der Waals surface area contributed by atoms with Crippen molar-refractivity contribution in [2.75, 3.05) is 5.32 Å². The minimum absolute atomic E-state index is 0.130. The molecule has 0 spiro atoms. The highest BCUT2D eigenvalue weighted by atomic mass is 127. The molecule has 3 nitrogen and oxygen atoms in total. The number of carbonyl (C=O) groups excluding carboxylic acids is 1. The topological polar surface area (TPSA) is 49.3 Å². The van der Waals surface area contributed by atoms with Crippen LogP contribution in [0.3, 0.4) is 0 Å². The number of carbonyl (C=O) groups is 1. The summed E-state index contributed by atoms with van der Waals surface area (Å²) in [7, 11) is 0. The van der Waals surface area contributed by atoms with Crippen molar-refractivity contribution in [2.45, 2.75) is 0 Å². The van der Waals surface area contributed by atoms with E-state index in [-0.39, 0.29) is 11.7 Å². The first-order valence-corrected chi connectivity index (χ1v) is 6.09. The van der Waals surface area contributed by atoms with E-state index in [0.717, 1.165) is 3.57 Å². The van der Waals surface area contributed by atoms with Gasteiger partial charge in [-0.2, -0.15) is 0 Å². The van der Waals surface area contributed by atoms with Gasteiger partial charge in [-0.05, 0) is 59.0 Å². The minimum atomic E-state index is -0.188. The molecule has 0 radical (unpaired) electrons. The zero-order chi connectivity index (χ0) is 12.3. The molecule has 2 N–H and O–H groups in total. The Kier molecular flexibility index (Phi) is 3.63. The molecule has 0 saturated heterocycles. The third-order valence-corrected chi connectivity index (χ3v) is 2.93. The predicted octanol–water partition coefficient (Wildman–Crippen LogP) is 3.25. The second kappa shape index (κ2) is 5.18. The van der Waals surface area contributed by atoms with Gasteiger partial charge >= 0.3 is 0 Å². The summed E-state index contributed by atoms with van der Waals surface area (Å²) in [5.41, 5.74) is 1.17. The van der Waals surface area contributed by atoms with E-state index in [4.69, 9.17) is 0 Å². The Labute approximate surface area is 113 Å². The summed E-state index contributed by atoms with van der Waals surface area (Å²) < 4.78 is 1.08. The van der Waals surface area contributed by atoms with Crippen molar-refractivity contribution >= 4 is 34.2 Å². The largest absolute Gasteiger partial charge is 0.508 e. The number of anilines is 1. The molecule has 1 amide bonds. The molecule has 86 valence electrons. The number of hydrogen-bond acceptors (Lipinski definition) is 2. The summed E-state index contributed by atoms with van der Waals surface area (Å²) in [6, 6.07) is 13.7. The maximum absolute atomic E-state index is 11.8. The Balaban J connectivity index is 2.14. The lowest BCUT2D eigenvalue weighted by atomic mass is 10.2. The first-order chi connectivity index (χ1) is 8.15. The van der Waals surface area contributed by atoms with Crippen LogP contribution in [0.1, 0.15) is 10.4 Å². The van der Waals surface area contributed by atoms with Gasteiger partial charge in [0.2, 0.25) is 0 Å². The van der Waals surface area contributed by atoms with Crippen LogP contribution in [0, 0.1) is 3.57 Å². The van der Waals surface area contributed by atoms with Crippen LogP contribution in [-0.2, 0) is 0 Å². The lowest BCUT2D eigenvalue weighted by Gasteiger charge is -2.05. The van der Waals surface area contributed by atoms with Crippen LogP contribution in [0.5, 0.6) is 5.75 Å². The molecule has 0 saturated carbocycles. The van der Waals surface area contributed by atoms with Gasteiger partial charge in [0.25, 0.3) is 5.91 Å². The van der Waals surface area contributed by atoms with E-state index in [1.807, 2.05) is 12.1 Å². The van der Waals surface area contributed by atoms with Crippen molar-refractivity contribution in [1.82, 2.24) is 0 Å². The maximum atomic E-state index is 11.8. The van der Waals surface area contributed by atoms with E-state index < -0.39 is 0 Å². The number of nitrogens with one attached hydrogen (secondary N) is 1. The van der Waals surface area contributed by atoms with Gasteiger partial charge in [-0.15, -0.1) is 0 Å². The van der Waals surface area contributed by atoms with Gasteiger partial charge in [-0.1, -0.05) is 6.07 Å². The normalized spacial score (nSPS) is 9.94. The molecule has 0 heterocycles. The molecular weight excluding hydrogens is 329 g/mol. The Hall–Kier alpha value is -1.56. The van der Waals surface area contributed by atoms with Crippen molar-refractivity contribution in [3.05, 3.63) is 57.7 Å². The Morgan fingerprint density at radius 1 is 1.12 bits per heavy atom. The number of phenols is 1. The van der Waals surface area contributed by atoms with Crippen molar-refractivity contribution in [1.29, 1.82) is 0 Å². The van der Waals surface area contributed by atoms with Crippen LogP contribution in [0.25, 0.3) is 0 Å². The molecule has 0 aromatic heterocycles. The number of benzene rings is 2. The molecule has 0 aliphatic rings. The average molecular weight is 339 g/mol. The zero-order valence-electron chi connectivity index (χ0n) is 8.85. The Morgan fingerprint density at radius 3 is 2.47 bits per heavy atom. The fourth-order valence-corrected chi connectivity index (χ4v) is 1.75. The van der Waals surface area contributed by atoms with E-state index >= 15 is 0 Å². The standard InChI is InChI=1S/C13H10INO2/c14-10-6-4-9(5-7-10)13(17)15-11-2-1-3-12(16)8-11/h1-8,16H,(H,15,17). The third kappa shape index (κ3) is 3.20. The SMILES string of the molecule is O=C(Nc1cccc(O)c1)c1ccc(I)cc1. The summed E-state index contributed by atoms with van der Waals surface area (Å²) in [4.78, 5) is 11.8. The lowest BCUT2D eigenvalue weighted by Crippen LogP contribution is -2.11. The fraction of sp³-hybridized carbons (Fsp3) is 0. The highest BCUT2D eigenvalue weighted by Gasteiger charge is 2.05. The first kappa shape index (κ1) is 11.9. The van der Waals surface area contributed by atoms with Crippen molar-refractivity contribution in [3.8, 4) is 5.75 Å². The van der Waals surface area contributed by atoms with Gasteiger partial charge in [0, 0.05) is 20.9 Å². The molecular formula is C13H10INO2. The highest BCUT2D eigenvalue weighted by Crippen LogP contribution is 2.16. The van der Waals surface area contributed by atoms with Gasteiger partial charge in [-0.25, -0.2) is 0 Å². The minimum Gasteiger partial charge on any atom is -0.508 e. The van der Waals surface area contributed by atoms with Crippen LogP contribution in [0.4, 0.5) is 5.69 Å². The van der Waals surface area contributed by atoms with Gasteiger partial charge < -0.3 is 10.4 Å². The molecule has 2 rings (SSSR count). The van der Waals surface area contributed by atoms with E-state index in [9.17, 15) is 9.90 Å². The van der Waals surface area contributed by atoms with E-state index in [2.05, 4.69) is 27.9 Å². The molecule has 0 aliphatic carbocycles. The molecule has 2 aromatic carbocycles. The molecule has 0 fully saturated rings. The van der Waals surface area contributed by atoms with Gasteiger partial charge in [0.15, 0.2) is 0 Å². The molecule has 2 aromatic rings. The van der Waals surface area contributed by atoms with Crippen LogP contribution in [-0.4, -0.2) is 11.0 Å². The summed E-state index contributed by atoms with van der Waals surface area (Å²) in [6.07, 6.45) is 0. The molecule has 0 atom stereocenters. The highest BCUT2D eigenvalue weighted by molar-refractivity contribution is 14.1. The Bertz CT molecular complexity index is 537. The Morgan fingerprint density at radius 2 is 1.82 bits per heavy atom. The van der Waals surface area contributed by atoms with Crippen LogP contribution in [0.15, 0.2) is 48.5 Å². The monoisotopic (exact) mass is 339 g/mol. The number of hydrogen-bond donors (Lipinski definition) is 2. The fourth-order valence-electron chi connectivity index (χ4n) is 1.39. The average Bonchev–Trinajstić information content (AvgIpc) is 2.29. The van der Waals surface area contributed by atoms with E-state index in [1.165, 1.54) is 6.07 Å². The summed E-state index contributed by atoms with van der Waals surface area (Å²) in [5.74, 6) is -0.0580. The predicted molar refractivity (Wildman–Crippen MR) is 75.2 cm³/mol. The third-order valence-electron chi connectivity index (χ3n) is 2.21. The quantitative estimate of drug-likeness (QED) is 0.826. The summed E-state index contributed by atoms with van der Waals surface area (Å²) in [6.45, 7) is 0. The summed E-state index contributed by atoms with van der Waals surface area (Å²) >= 11 is 2.18. The van der Waals surface area contributed by atoms with Gasteiger partial charge in [0.05, 0.1) is 0 Å². The van der Waals surface area contributed by atoms with Crippen LogP contribution < -0.4 is 5.32 Å². The number of halogens is 1. The van der Waals surface area contributed by atoms with Crippen LogP contribution >= 0.6 is 22.6 Å². The number of aromatic hydroxyl groups is 1. The second-order valence-electron chi connectivity index (χ2n) is 3.51. The van der Waals surface area contributed by atoms with Gasteiger partial charge in [0.1, 0.15) is 5.75 Å². The molecule has 17 heavy (non-hydrogen) atoms. The maximum Gasteiger partial charge on any atom is 0.255 e. The lowest BCUT2D eigenvalue weighted by molar-refractivity contribution is 0.102. The molecule has 4 heteroatoms. The van der Waals surface area contributed by atoms with Crippen molar-refractivity contribution in [2.24, 2.45) is 0 Å². The van der Waals surface area contributed by atoms with E-state index in [0.29, 0.717) is 11.3 Å². The first-order valence-electron chi connectivity index (χ1n) is 5.01. The van der Waals surface area contributed by atoms with E-state index in [1.54, 1.807) is 30.3 Å². The molecule has 0 aliphatic heterocycles. The summed E-state index contributed by atoms with van der Waals surface area (Å²) in [5, 5.41) is 12.0. The van der Waals surface area contributed by atoms with Gasteiger partial charge in [-0.3, -0.25) is 4.79 Å². The molecule has 0 unspecified atom stereocenters. The second-order valence-corrected chi connectivity index (χ2v) is 4.76.